The Morgan fingerprint density at radius 3 is 2.71 bits per heavy atom. The molecule has 1 atom stereocenters. The van der Waals surface area contributed by atoms with E-state index < -0.39 is 6.10 Å². The molecule has 0 aromatic heterocycles. The van der Waals surface area contributed by atoms with Gasteiger partial charge in [-0.25, -0.2) is 0 Å². The number of ether oxygens (including phenoxy) is 3. The SMILES string of the molecule is C[C@H](Oc1ccccc1)C(=O)Nc1ccc2c(c1)OCO2. The van der Waals surface area contributed by atoms with E-state index in [-0.39, 0.29) is 12.7 Å². The number of carbonyl (C=O) groups is 1. The van der Waals surface area contributed by atoms with Crippen LogP contribution in [0.3, 0.4) is 0 Å². The molecule has 0 aliphatic carbocycles. The molecule has 0 fully saturated rings. The normalized spacial score (nSPS) is 13.6. The van der Waals surface area contributed by atoms with Crippen molar-refractivity contribution in [3.05, 3.63) is 48.5 Å². The molecule has 5 heteroatoms. The van der Waals surface area contributed by atoms with Crippen molar-refractivity contribution in [1.82, 2.24) is 0 Å². The molecule has 1 heterocycles. The molecule has 2 aromatic rings. The molecule has 0 saturated heterocycles. The van der Waals surface area contributed by atoms with Crippen molar-refractivity contribution in [2.75, 3.05) is 12.1 Å². The summed E-state index contributed by atoms with van der Waals surface area (Å²) in [5, 5.41) is 2.79. The number of rotatable bonds is 4. The number of hydrogen-bond donors (Lipinski definition) is 1. The van der Waals surface area contributed by atoms with E-state index >= 15 is 0 Å². The van der Waals surface area contributed by atoms with Crippen LogP contribution >= 0.6 is 0 Å². The van der Waals surface area contributed by atoms with E-state index in [4.69, 9.17) is 14.2 Å². The maximum atomic E-state index is 12.1. The highest BCUT2D eigenvalue weighted by Gasteiger charge is 2.17. The van der Waals surface area contributed by atoms with Crippen molar-refractivity contribution in [3.8, 4) is 17.2 Å². The molecule has 0 bridgehead atoms. The summed E-state index contributed by atoms with van der Waals surface area (Å²) in [5.41, 5.74) is 0.646. The maximum Gasteiger partial charge on any atom is 0.265 e. The summed E-state index contributed by atoms with van der Waals surface area (Å²) < 4.78 is 16.1. The minimum absolute atomic E-state index is 0.209. The van der Waals surface area contributed by atoms with Gasteiger partial charge in [-0.1, -0.05) is 18.2 Å². The van der Waals surface area contributed by atoms with Crippen molar-refractivity contribution in [2.24, 2.45) is 0 Å². The van der Waals surface area contributed by atoms with Gasteiger partial charge in [0.2, 0.25) is 6.79 Å². The van der Waals surface area contributed by atoms with Gasteiger partial charge in [-0.2, -0.15) is 0 Å². The standard InChI is InChI=1S/C16H15NO4/c1-11(21-13-5-3-2-4-6-13)16(18)17-12-7-8-14-15(9-12)20-10-19-14/h2-9,11H,10H2,1H3,(H,17,18)/t11-/m0/s1. The van der Waals surface area contributed by atoms with Crippen LogP contribution in [0.5, 0.6) is 17.2 Å². The molecule has 5 nitrogen and oxygen atoms in total. The number of amides is 1. The molecule has 0 unspecified atom stereocenters. The first-order chi connectivity index (χ1) is 10.2. The van der Waals surface area contributed by atoms with E-state index in [1.54, 1.807) is 25.1 Å². The van der Waals surface area contributed by atoms with Crippen LogP contribution in [0, 0.1) is 0 Å². The number of para-hydroxylation sites is 1. The second-order valence-corrected chi connectivity index (χ2v) is 4.63. The zero-order chi connectivity index (χ0) is 14.7. The van der Waals surface area contributed by atoms with Gasteiger partial charge in [0.1, 0.15) is 5.75 Å². The average Bonchev–Trinajstić information content (AvgIpc) is 2.95. The zero-order valence-electron chi connectivity index (χ0n) is 11.5. The first kappa shape index (κ1) is 13.3. The number of hydrogen-bond acceptors (Lipinski definition) is 4. The molecule has 3 rings (SSSR count). The Morgan fingerprint density at radius 1 is 1.14 bits per heavy atom. The minimum Gasteiger partial charge on any atom is -0.481 e. The van der Waals surface area contributed by atoms with Gasteiger partial charge in [0.05, 0.1) is 0 Å². The molecule has 0 radical (unpaired) electrons. The summed E-state index contributed by atoms with van der Waals surface area (Å²) in [4.78, 5) is 12.1. The molecule has 1 aliphatic rings. The van der Waals surface area contributed by atoms with E-state index in [1.165, 1.54) is 0 Å². The first-order valence-electron chi connectivity index (χ1n) is 6.64. The van der Waals surface area contributed by atoms with E-state index in [2.05, 4.69) is 5.32 Å². The summed E-state index contributed by atoms with van der Waals surface area (Å²) in [7, 11) is 0. The Kier molecular flexibility index (Phi) is 3.64. The lowest BCUT2D eigenvalue weighted by atomic mass is 10.2. The van der Waals surface area contributed by atoms with Crippen LogP contribution in [0.15, 0.2) is 48.5 Å². The highest BCUT2D eigenvalue weighted by molar-refractivity contribution is 5.94. The topological polar surface area (TPSA) is 56.8 Å². The molecule has 1 amide bonds. The van der Waals surface area contributed by atoms with Crippen molar-refractivity contribution in [2.45, 2.75) is 13.0 Å². The Bertz CT molecular complexity index is 642. The molecule has 0 saturated carbocycles. The van der Waals surface area contributed by atoms with Gasteiger partial charge in [0.25, 0.3) is 5.91 Å². The van der Waals surface area contributed by atoms with Crippen LogP contribution in [-0.2, 0) is 4.79 Å². The van der Waals surface area contributed by atoms with Gasteiger partial charge < -0.3 is 19.5 Å². The molecular weight excluding hydrogens is 270 g/mol. The number of anilines is 1. The van der Waals surface area contributed by atoms with E-state index in [9.17, 15) is 4.79 Å². The Labute approximate surface area is 122 Å². The fourth-order valence-electron chi connectivity index (χ4n) is 1.97. The molecule has 2 aromatic carbocycles. The van der Waals surface area contributed by atoms with Crippen LogP contribution in [0.25, 0.3) is 0 Å². The minimum atomic E-state index is -0.599. The van der Waals surface area contributed by atoms with Crippen LogP contribution < -0.4 is 19.5 Å². The predicted octanol–water partition coefficient (Wildman–Crippen LogP) is 2.82. The lowest BCUT2D eigenvalue weighted by molar-refractivity contribution is -0.122. The van der Waals surface area contributed by atoms with Crippen LogP contribution in [0.4, 0.5) is 5.69 Å². The number of benzene rings is 2. The molecular formula is C16H15NO4. The number of carbonyl (C=O) groups excluding carboxylic acids is 1. The van der Waals surface area contributed by atoms with Gasteiger partial charge in [-0.15, -0.1) is 0 Å². The predicted molar refractivity (Wildman–Crippen MR) is 77.7 cm³/mol. The molecule has 21 heavy (non-hydrogen) atoms. The molecule has 0 spiro atoms. The smallest absolute Gasteiger partial charge is 0.265 e. The fraction of sp³-hybridized carbons (Fsp3) is 0.188. The first-order valence-corrected chi connectivity index (χ1v) is 6.64. The maximum absolute atomic E-state index is 12.1. The van der Waals surface area contributed by atoms with Crippen LogP contribution in [0.1, 0.15) is 6.92 Å². The molecule has 108 valence electrons. The highest BCUT2D eigenvalue weighted by atomic mass is 16.7. The Hall–Kier alpha value is -2.69. The van der Waals surface area contributed by atoms with Crippen molar-refractivity contribution >= 4 is 11.6 Å². The van der Waals surface area contributed by atoms with Crippen molar-refractivity contribution in [3.63, 3.8) is 0 Å². The quantitative estimate of drug-likeness (QED) is 0.938. The number of fused-ring (bicyclic) bond motifs is 1. The molecule has 1 N–H and O–H groups in total. The zero-order valence-corrected chi connectivity index (χ0v) is 11.5. The largest absolute Gasteiger partial charge is 0.481 e. The van der Waals surface area contributed by atoms with Crippen molar-refractivity contribution < 1.29 is 19.0 Å². The van der Waals surface area contributed by atoms with E-state index in [0.717, 1.165) is 0 Å². The highest BCUT2D eigenvalue weighted by Crippen LogP contribution is 2.34. The Balaban J connectivity index is 1.63. The third-order valence-electron chi connectivity index (χ3n) is 3.07. The summed E-state index contributed by atoms with van der Waals surface area (Å²) in [6.07, 6.45) is -0.599. The Morgan fingerprint density at radius 2 is 1.90 bits per heavy atom. The number of nitrogens with one attached hydrogen (secondary N) is 1. The third kappa shape index (κ3) is 3.08. The summed E-state index contributed by atoms with van der Waals surface area (Å²) in [6.45, 7) is 1.91. The van der Waals surface area contributed by atoms with Gasteiger partial charge in [-0.3, -0.25) is 4.79 Å². The fourth-order valence-corrected chi connectivity index (χ4v) is 1.97. The van der Waals surface area contributed by atoms with E-state index in [1.807, 2.05) is 30.3 Å². The average molecular weight is 285 g/mol. The van der Waals surface area contributed by atoms with Gasteiger partial charge >= 0.3 is 0 Å². The van der Waals surface area contributed by atoms with Gasteiger partial charge in [0.15, 0.2) is 17.6 Å². The lowest BCUT2D eigenvalue weighted by Crippen LogP contribution is -2.30. The molecule has 1 aliphatic heterocycles. The van der Waals surface area contributed by atoms with Gasteiger partial charge in [0, 0.05) is 11.8 Å². The summed E-state index contributed by atoms with van der Waals surface area (Å²) in [6, 6.07) is 14.5. The van der Waals surface area contributed by atoms with Crippen LogP contribution in [-0.4, -0.2) is 18.8 Å². The third-order valence-corrected chi connectivity index (χ3v) is 3.07. The summed E-state index contributed by atoms with van der Waals surface area (Å²) >= 11 is 0. The lowest BCUT2D eigenvalue weighted by Gasteiger charge is -2.14. The van der Waals surface area contributed by atoms with Crippen LogP contribution in [0.2, 0.25) is 0 Å². The second kappa shape index (κ2) is 5.75. The second-order valence-electron chi connectivity index (χ2n) is 4.63. The summed E-state index contributed by atoms with van der Waals surface area (Å²) in [5.74, 6) is 1.74. The monoisotopic (exact) mass is 285 g/mol. The van der Waals surface area contributed by atoms with E-state index in [0.29, 0.717) is 22.9 Å². The van der Waals surface area contributed by atoms with Gasteiger partial charge in [-0.05, 0) is 31.2 Å². The van der Waals surface area contributed by atoms with Crippen molar-refractivity contribution in [1.29, 1.82) is 0 Å².